The number of nitro groups is 1. The average molecular weight is 358 g/mol. The summed E-state index contributed by atoms with van der Waals surface area (Å²) in [5.41, 5.74) is 6.97. The maximum absolute atomic E-state index is 12.0. The van der Waals surface area contributed by atoms with E-state index in [1.807, 2.05) is 24.3 Å². The Morgan fingerprint density at radius 1 is 1.12 bits per heavy atom. The Kier molecular flexibility index (Phi) is 6.02. The summed E-state index contributed by atoms with van der Waals surface area (Å²) < 4.78 is 0. The molecule has 25 heavy (non-hydrogen) atoms. The fourth-order valence-corrected chi connectivity index (χ4v) is 2.23. The van der Waals surface area contributed by atoms with Crippen LogP contribution in [-0.2, 0) is 0 Å². The summed E-state index contributed by atoms with van der Waals surface area (Å²) in [5.74, 6) is -0.0867. The predicted molar refractivity (Wildman–Crippen MR) is 100 cm³/mol. The second kappa shape index (κ2) is 8.20. The minimum absolute atomic E-state index is 0.154. The Labute approximate surface area is 150 Å². The summed E-state index contributed by atoms with van der Waals surface area (Å²) in [6.07, 6.45) is 0. The normalized spacial score (nSPS) is 10.2. The number of carbonyl (C=O) groups excluding carboxylic acids is 1. The van der Waals surface area contributed by atoms with Gasteiger partial charge in [-0.25, -0.2) is 0 Å². The van der Waals surface area contributed by atoms with Crippen LogP contribution in [0.1, 0.15) is 35.7 Å². The number of benzene rings is 2. The number of hydrogen-bond acceptors (Lipinski definition) is 4. The molecular formula is C17H18N4O3S. The van der Waals surface area contributed by atoms with Crippen LogP contribution in [0.25, 0.3) is 0 Å². The van der Waals surface area contributed by atoms with Gasteiger partial charge in [0.25, 0.3) is 11.6 Å². The van der Waals surface area contributed by atoms with E-state index >= 15 is 0 Å². The molecule has 0 fully saturated rings. The Balaban J connectivity index is 1.90. The first-order valence-corrected chi connectivity index (χ1v) is 7.99. The molecule has 130 valence electrons. The highest BCUT2D eigenvalue weighted by Crippen LogP contribution is 2.17. The first-order chi connectivity index (χ1) is 11.9. The number of thiocarbonyl (C=S) groups is 1. The van der Waals surface area contributed by atoms with E-state index in [2.05, 4.69) is 30.0 Å². The molecule has 3 N–H and O–H groups in total. The molecule has 0 heterocycles. The Morgan fingerprint density at radius 3 is 2.40 bits per heavy atom. The molecular weight excluding hydrogens is 340 g/mol. The third-order valence-electron chi connectivity index (χ3n) is 3.44. The minimum Gasteiger partial charge on any atom is -0.331 e. The number of nitrogens with zero attached hydrogens (tertiary/aromatic N) is 1. The van der Waals surface area contributed by atoms with E-state index in [0.29, 0.717) is 5.92 Å². The van der Waals surface area contributed by atoms with Gasteiger partial charge in [-0.1, -0.05) is 32.0 Å². The second-order valence-electron chi connectivity index (χ2n) is 5.62. The van der Waals surface area contributed by atoms with E-state index in [9.17, 15) is 14.9 Å². The Morgan fingerprint density at radius 2 is 1.80 bits per heavy atom. The van der Waals surface area contributed by atoms with Gasteiger partial charge in [0.2, 0.25) is 0 Å². The van der Waals surface area contributed by atoms with Crippen molar-refractivity contribution >= 4 is 34.6 Å². The molecule has 2 rings (SSSR count). The van der Waals surface area contributed by atoms with Crippen LogP contribution >= 0.6 is 12.2 Å². The van der Waals surface area contributed by atoms with Crippen molar-refractivity contribution in [3.05, 3.63) is 69.8 Å². The zero-order valence-corrected chi connectivity index (χ0v) is 14.6. The molecule has 0 saturated carbocycles. The van der Waals surface area contributed by atoms with Crippen molar-refractivity contribution in [2.75, 3.05) is 5.32 Å². The van der Waals surface area contributed by atoms with Crippen LogP contribution in [0.15, 0.2) is 48.5 Å². The summed E-state index contributed by atoms with van der Waals surface area (Å²) in [6, 6.07) is 13.2. The van der Waals surface area contributed by atoms with E-state index in [1.54, 1.807) is 0 Å². The molecule has 2 aromatic carbocycles. The molecule has 0 saturated heterocycles. The van der Waals surface area contributed by atoms with E-state index < -0.39 is 10.8 Å². The first-order valence-electron chi connectivity index (χ1n) is 7.58. The van der Waals surface area contributed by atoms with Gasteiger partial charge in [0.05, 0.1) is 4.92 Å². The highest BCUT2D eigenvalue weighted by atomic mass is 32.1. The number of hydrogen-bond donors (Lipinski definition) is 3. The number of anilines is 1. The van der Waals surface area contributed by atoms with Crippen molar-refractivity contribution in [2.24, 2.45) is 0 Å². The monoisotopic (exact) mass is 358 g/mol. The van der Waals surface area contributed by atoms with E-state index in [-0.39, 0.29) is 16.4 Å². The summed E-state index contributed by atoms with van der Waals surface area (Å²) in [5, 5.41) is 13.9. The van der Waals surface area contributed by atoms with Crippen molar-refractivity contribution in [3.63, 3.8) is 0 Å². The molecule has 0 spiro atoms. The highest BCUT2D eigenvalue weighted by Gasteiger charge is 2.11. The van der Waals surface area contributed by atoms with Gasteiger partial charge >= 0.3 is 0 Å². The molecule has 2 aromatic rings. The van der Waals surface area contributed by atoms with Gasteiger partial charge in [0.15, 0.2) is 5.11 Å². The molecule has 0 aromatic heterocycles. The number of carbonyl (C=O) groups is 1. The molecule has 1 amide bonds. The van der Waals surface area contributed by atoms with E-state index in [0.717, 1.165) is 5.69 Å². The van der Waals surface area contributed by atoms with Crippen LogP contribution in [0, 0.1) is 10.1 Å². The number of nitrogens with one attached hydrogen (secondary N) is 3. The van der Waals surface area contributed by atoms with Crippen LogP contribution < -0.4 is 16.2 Å². The molecule has 8 heteroatoms. The van der Waals surface area contributed by atoms with Gasteiger partial charge < -0.3 is 5.32 Å². The fraction of sp³-hybridized carbons (Fsp3) is 0.176. The van der Waals surface area contributed by atoms with Crippen LogP contribution in [0.4, 0.5) is 11.4 Å². The minimum atomic E-state index is -0.558. The smallest absolute Gasteiger partial charge is 0.270 e. The fourth-order valence-electron chi connectivity index (χ4n) is 2.06. The zero-order chi connectivity index (χ0) is 18.4. The quantitative estimate of drug-likeness (QED) is 0.441. The summed E-state index contributed by atoms with van der Waals surface area (Å²) in [6.45, 7) is 4.22. The van der Waals surface area contributed by atoms with Gasteiger partial charge in [-0.3, -0.25) is 25.8 Å². The van der Waals surface area contributed by atoms with Crippen molar-refractivity contribution in [3.8, 4) is 0 Å². The average Bonchev–Trinajstić information content (AvgIpc) is 2.60. The molecule has 0 aliphatic heterocycles. The van der Waals surface area contributed by atoms with E-state index in [1.165, 1.54) is 29.8 Å². The predicted octanol–water partition coefficient (Wildman–Crippen LogP) is 3.35. The Hall–Kier alpha value is -3.00. The molecule has 0 bridgehead atoms. The lowest BCUT2D eigenvalue weighted by atomic mass is 10.0. The third-order valence-corrected chi connectivity index (χ3v) is 3.65. The standard InChI is InChI=1S/C17H18N4O3S/c1-11(2)12-6-8-14(9-7-12)18-17(25)20-19-16(22)13-4-3-5-15(10-13)21(23)24/h3-11H,1-2H3,(H,19,22)(H2,18,20,25). The first kappa shape index (κ1) is 18.3. The summed E-state index contributed by atoms with van der Waals surface area (Å²) in [4.78, 5) is 22.2. The van der Waals surface area contributed by atoms with Crippen molar-refractivity contribution in [2.45, 2.75) is 19.8 Å². The van der Waals surface area contributed by atoms with Gasteiger partial charge in [-0.15, -0.1) is 0 Å². The van der Waals surface area contributed by atoms with Crippen molar-refractivity contribution in [1.29, 1.82) is 0 Å². The lowest BCUT2D eigenvalue weighted by molar-refractivity contribution is -0.384. The number of non-ortho nitro benzene ring substituents is 1. The highest BCUT2D eigenvalue weighted by molar-refractivity contribution is 7.80. The van der Waals surface area contributed by atoms with Crippen LogP contribution in [0.2, 0.25) is 0 Å². The van der Waals surface area contributed by atoms with Gasteiger partial charge in [0.1, 0.15) is 0 Å². The second-order valence-corrected chi connectivity index (χ2v) is 6.03. The molecule has 0 radical (unpaired) electrons. The third kappa shape index (κ3) is 5.25. The number of rotatable bonds is 4. The number of amides is 1. The van der Waals surface area contributed by atoms with Gasteiger partial charge in [0, 0.05) is 23.4 Å². The van der Waals surface area contributed by atoms with Crippen LogP contribution in [0.5, 0.6) is 0 Å². The summed E-state index contributed by atoms with van der Waals surface area (Å²) in [7, 11) is 0. The number of hydrazine groups is 1. The summed E-state index contributed by atoms with van der Waals surface area (Å²) >= 11 is 5.11. The van der Waals surface area contributed by atoms with Gasteiger partial charge in [-0.2, -0.15) is 0 Å². The molecule has 0 atom stereocenters. The lowest BCUT2D eigenvalue weighted by Gasteiger charge is -2.12. The van der Waals surface area contributed by atoms with Crippen molar-refractivity contribution < 1.29 is 9.72 Å². The van der Waals surface area contributed by atoms with Gasteiger partial charge in [-0.05, 0) is 41.9 Å². The molecule has 0 aliphatic rings. The van der Waals surface area contributed by atoms with Crippen molar-refractivity contribution in [1.82, 2.24) is 10.9 Å². The maximum atomic E-state index is 12.0. The zero-order valence-electron chi connectivity index (χ0n) is 13.8. The molecule has 7 nitrogen and oxygen atoms in total. The van der Waals surface area contributed by atoms with Crippen LogP contribution in [0.3, 0.4) is 0 Å². The Bertz CT molecular complexity index is 791. The van der Waals surface area contributed by atoms with Crippen LogP contribution in [-0.4, -0.2) is 15.9 Å². The SMILES string of the molecule is CC(C)c1ccc(NC(=S)NNC(=O)c2cccc([N+](=O)[O-])c2)cc1. The maximum Gasteiger partial charge on any atom is 0.270 e. The lowest BCUT2D eigenvalue weighted by Crippen LogP contribution is -2.43. The topological polar surface area (TPSA) is 96.3 Å². The molecule has 0 aliphatic carbocycles. The largest absolute Gasteiger partial charge is 0.331 e. The number of nitro benzene ring substituents is 1. The van der Waals surface area contributed by atoms with E-state index in [4.69, 9.17) is 12.2 Å². The molecule has 0 unspecified atom stereocenters.